The Labute approximate surface area is 155 Å². The van der Waals surface area contributed by atoms with Crippen LogP contribution in [-0.2, 0) is 16.3 Å². The minimum atomic E-state index is -5.24. The first-order valence-corrected chi connectivity index (χ1v) is 9.24. The first-order chi connectivity index (χ1) is 12.4. The maximum atomic E-state index is 14.0. The molecule has 0 radical (unpaired) electrons. The van der Waals surface area contributed by atoms with E-state index in [1.54, 1.807) is 0 Å². The van der Waals surface area contributed by atoms with E-state index in [-0.39, 0.29) is 16.5 Å². The molecule has 0 fully saturated rings. The van der Waals surface area contributed by atoms with E-state index in [2.05, 4.69) is 0 Å². The molecule has 27 heavy (non-hydrogen) atoms. The number of sulfone groups is 1. The number of hydrogen-bond acceptors (Lipinski definition) is 4. The lowest BCUT2D eigenvalue weighted by atomic mass is 10.1. The Kier molecular flexibility index (Phi) is 4.86. The van der Waals surface area contributed by atoms with E-state index in [1.165, 1.54) is 0 Å². The molecule has 1 N–H and O–H groups in total. The third kappa shape index (κ3) is 3.37. The molecule has 3 rings (SSSR count). The predicted molar refractivity (Wildman–Crippen MR) is 84.7 cm³/mol. The third-order valence-electron chi connectivity index (χ3n) is 4.02. The van der Waals surface area contributed by atoms with Crippen molar-refractivity contribution in [1.82, 2.24) is 0 Å². The molecule has 0 spiro atoms. The fourth-order valence-electron chi connectivity index (χ4n) is 2.76. The average molecular weight is 429 g/mol. The van der Waals surface area contributed by atoms with Crippen molar-refractivity contribution >= 4 is 21.4 Å². The van der Waals surface area contributed by atoms with E-state index < -0.39 is 55.9 Å². The van der Waals surface area contributed by atoms with Crippen LogP contribution in [0.5, 0.6) is 11.5 Å². The molecule has 2 aromatic carbocycles. The van der Waals surface area contributed by atoms with Gasteiger partial charge in [-0.3, -0.25) is 0 Å². The molecule has 0 saturated carbocycles. The van der Waals surface area contributed by atoms with Crippen molar-refractivity contribution in [3.05, 3.63) is 52.3 Å². The Balaban J connectivity index is 2.15. The Hall–Kier alpha value is -1.91. The number of aliphatic hydroxyl groups is 1. The largest absolute Gasteiger partial charge is 0.457 e. The lowest BCUT2D eigenvalue weighted by Gasteiger charge is -2.16. The first kappa shape index (κ1) is 19.8. The maximum Gasteiger partial charge on any atom is 0.341 e. The summed E-state index contributed by atoms with van der Waals surface area (Å²) in [6, 6.07) is 4.72. The summed E-state index contributed by atoms with van der Waals surface area (Å²) >= 11 is 5.61. The molecule has 0 aliphatic heterocycles. The fraction of sp³-hybridized carbons (Fsp3) is 0.250. The molecule has 4 nitrogen and oxygen atoms in total. The second-order valence-corrected chi connectivity index (χ2v) is 8.07. The number of halogens is 6. The molecule has 11 heteroatoms. The van der Waals surface area contributed by atoms with E-state index >= 15 is 0 Å². The van der Waals surface area contributed by atoms with Crippen molar-refractivity contribution in [2.75, 3.05) is 0 Å². The molecular weight excluding hydrogens is 419 g/mol. The summed E-state index contributed by atoms with van der Waals surface area (Å²) in [5, 5.41) is 9.51. The van der Waals surface area contributed by atoms with Crippen LogP contribution in [-0.4, -0.2) is 25.2 Å². The Bertz CT molecular complexity index is 1010. The number of fused-ring (bicyclic) bond motifs is 1. The highest BCUT2D eigenvalue weighted by Crippen LogP contribution is 2.50. The molecule has 146 valence electrons. The highest BCUT2D eigenvalue weighted by molar-refractivity contribution is 7.91. The topological polar surface area (TPSA) is 63.6 Å². The predicted octanol–water partition coefficient (Wildman–Crippen LogP) is 4.49. The summed E-state index contributed by atoms with van der Waals surface area (Å²) in [5.74, 6) is -8.75. The summed E-state index contributed by atoms with van der Waals surface area (Å²) in [6.07, 6.45) is -3.73. The van der Waals surface area contributed by atoms with E-state index in [9.17, 15) is 35.5 Å². The molecule has 1 aliphatic rings. The van der Waals surface area contributed by atoms with Gasteiger partial charge in [0.05, 0.1) is 9.92 Å². The summed E-state index contributed by atoms with van der Waals surface area (Å²) in [6.45, 7) is 0. The van der Waals surface area contributed by atoms with Crippen molar-refractivity contribution in [2.24, 2.45) is 0 Å². The summed E-state index contributed by atoms with van der Waals surface area (Å²) in [7, 11) is -5.24. The zero-order valence-electron chi connectivity index (χ0n) is 13.1. The second kappa shape index (κ2) is 6.61. The van der Waals surface area contributed by atoms with Crippen LogP contribution in [0.25, 0.3) is 0 Å². The van der Waals surface area contributed by atoms with E-state index in [1.807, 2.05) is 0 Å². The van der Waals surface area contributed by atoms with Crippen molar-refractivity contribution in [3.63, 3.8) is 0 Å². The fourth-order valence-corrected chi connectivity index (χ4v) is 3.92. The lowest BCUT2D eigenvalue weighted by molar-refractivity contribution is -0.0976. The molecule has 0 amide bonds. The van der Waals surface area contributed by atoms with Gasteiger partial charge in [-0.05, 0) is 24.3 Å². The quantitative estimate of drug-likeness (QED) is 0.729. The lowest BCUT2D eigenvalue weighted by Crippen LogP contribution is -2.23. The van der Waals surface area contributed by atoms with Crippen LogP contribution in [0.4, 0.5) is 22.0 Å². The number of alkyl halides is 4. The minimum absolute atomic E-state index is 0.0576. The summed E-state index contributed by atoms with van der Waals surface area (Å²) in [5.41, 5.74) is -1.28. The Morgan fingerprint density at radius 3 is 2.48 bits per heavy atom. The van der Waals surface area contributed by atoms with Crippen LogP contribution in [0.2, 0.25) is 5.02 Å². The van der Waals surface area contributed by atoms with Gasteiger partial charge in [0.1, 0.15) is 23.4 Å². The molecule has 2 aromatic rings. The molecule has 0 unspecified atom stereocenters. The van der Waals surface area contributed by atoms with Crippen LogP contribution < -0.4 is 4.74 Å². The minimum Gasteiger partial charge on any atom is -0.457 e. The van der Waals surface area contributed by atoms with Gasteiger partial charge in [-0.2, -0.15) is 8.78 Å². The number of benzene rings is 2. The number of ether oxygens (including phenoxy) is 1. The SMILES string of the molecule is O=S(=O)(c1ccc(Oc2ccc(F)c(Cl)c2)c2c1[C@H](O)C(F)(F)C2)C(F)F. The van der Waals surface area contributed by atoms with Crippen molar-refractivity contribution in [2.45, 2.75) is 29.1 Å². The summed E-state index contributed by atoms with van der Waals surface area (Å²) < 4.78 is 95.9. The molecule has 0 saturated heterocycles. The third-order valence-corrected chi connectivity index (χ3v) is 5.75. The Morgan fingerprint density at radius 1 is 1.22 bits per heavy atom. The van der Waals surface area contributed by atoms with Gasteiger partial charge in [0.15, 0.2) is 0 Å². The standard InChI is InChI=1S/C16H10ClF5O4S/c17-9-5-7(1-2-10(9)18)26-11-3-4-12(27(24,25)15(19)20)13-8(11)6-16(21,22)14(13)23/h1-5,14-15,23H,6H2/t14-/m0/s1. The Morgan fingerprint density at radius 2 is 1.89 bits per heavy atom. The number of aliphatic hydroxyl groups excluding tert-OH is 1. The average Bonchev–Trinajstić information content (AvgIpc) is 2.82. The van der Waals surface area contributed by atoms with Crippen molar-refractivity contribution in [1.29, 1.82) is 0 Å². The van der Waals surface area contributed by atoms with Gasteiger partial charge in [0.2, 0.25) is 9.84 Å². The van der Waals surface area contributed by atoms with Crippen LogP contribution in [0, 0.1) is 5.82 Å². The maximum absolute atomic E-state index is 14.0. The van der Waals surface area contributed by atoms with Crippen molar-refractivity contribution in [3.8, 4) is 11.5 Å². The van der Waals surface area contributed by atoms with Gasteiger partial charge in [0, 0.05) is 23.6 Å². The first-order valence-electron chi connectivity index (χ1n) is 7.32. The molecule has 0 aromatic heterocycles. The molecule has 0 heterocycles. The zero-order chi connectivity index (χ0) is 20.1. The van der Waals surface area contributed by atoms with Crippen LogP contribution in [0.3, 0.4) is 0 Å². The van der Waals surface area contributed by atoms with Gasteiger partial charge in [-0.15, -0.1) is 0 Å². The number of rotatable bonds is 4. The summed E-state index contributed by atoms with van der Waals surface area (Å²) in [4.78, 5) is -1.10. The van der Waals surface area contributed by atoms with Gasteiger partial charge in [0.25, 0.3) is 5.92 Å². The zero-order valence-corrected chi connectivity index (χ0v) is 14.7. The van der Waals surface area contributed by atoms with Crippen LogP contribution >= 0.6 is 11.6 Å². The van der Waals surface area contributed by atoms with Gasteiger partial charge in [-0.25, -0.2) is 21.6 Å². The van der Waals surface area contributed by atoms with Crippen LogP contribution in [0.1, 0.15) is 17.2 Å². The second-order valence-electron chi connectivity index (χ2n) is 5.78. The van der Waals surface area contributed by atoms with E-state index in [0.29, 0.717) is 6.07 Å². The van der Waals surface area contributed by atoms with Crippen molar-refractivity contribution < 1.29 is 40.2 Å². The van der Waals surface area contributed by atoms with Gasteiger partial charge < -0.3 is 9.84 Å². The van der Waals surface area contributed by atoms with Crippen LogP contribution in [0.15, 0.2) is 35.2 Å². The number of hydrogen-bond donors (Lipinski definition) is 1. The highest BCUT2D eigenvalue weighted by Gasteiger charge is 2.51. The normalized spacial score (nSPS) is 18.6. The van der Waals surface area contributed by atoms with E-state index in [0.717, 1.165) is 24.3 Å². The van der Waals surface area contributed by atoms with E-state index in [4.69, 9.17) is 16.3 Å². The highest BCUT2D eigenvalue weighted by atomic mass is 35.5. The van der Waals surface area contributed by atoms with Gasteiger partial charge in [-0.1, -0.05) is 11.6 Å². The van der Waals surface area contributed by atoms with Gasteiger partial charge >= 0.3 is 5.76 Å². The monoisotopic (exact) mass is 428 g/mol. The molecule has 1 aliphatic carbocycles. The molecular formula is C16H10ClF5O4S. The molecule has 0 bridgehead atoms. The molecule has 1 atom stereocenters. The smallest absolute Gasteiger partial charge is 0.341 e.